The number of fused-ring (bicyclic) bond motifs is 1. The van der Waals surface area contributed by atoms with Crippen LogP contribution in [0.5, 0.6) is 0 Å². The molecule has 1 aromatic carbocycles. The predicted molar refractivity (Wildman–Crippen MR) is 55.3 cm³/mol. The van der Waals surface area contributed by atoms with Gasteiger partial charge in [0, 0.05) is 0 Å². The van der Waals surface area contributed by atoms with Crippen LogP contribution in [-0.2, 0) is 12.4 Å². The zero-order chi connectivity index (χ0) is 12.6. The summed E-state index contributed by atoms with van der Waals surface area (Å²) in [5, 5.41) is 0. The number of halogens is 5. The largest absolute Gasteiger partial charge is 0.406 e. The average molecular weight is 267 g/mol. The van der Waals surface area contributed by atoms with Gasteiger partial charge in [-0.25, -0.2) is 9.37 Å². The molecule has 0 amide bonds. The second-order valence-electron chi connectivity index (χ2n) is 3.50. The van der Waals surface area contributed by atoms with Gasteiger partial charge in [0.25, 0.3) is 0 Å². The molecule has 0 spiro atoms. The first-order valence-corrected chi connectivity index (χ1v) is 5.21. The molecule has 0 unspecified atom stereocenters. The topological polar surface area (TPSA) is 17.8 Å². The van der Waals surface area contributed by atoms with Gasteiger partial charge in [-0.15, -0.1) is 11.6 Å². The molecule has 0 saturated carbocycles. The number of nitrogens with zero attached hydrogens (tertiary/aromatic N) is 2. The van der Waals surface area contributed by atoms with Crippen LogP contribution in [-0.4, -0.2) is 15.7 Å². The van der Waals surface area contributed by atoms with Gasteiger partial charge in [0.15, 0.2) is 0 Å². The summed E-state index contributed by atoms with van der Waals surface area (Å²) >= 11 is 5.53. The minimum atomic E-state index is -4.40. The first kappa shape index (κ1) is 12.2. The molecule has 0 saturated heterocycles. The maximum atomic E-state index is 13.0. The Bertz CT molecular complexity index is 547. The van der Waals surface area contributed by atoms with Gasteiger partial charge in [-0.1, -0.05) is 0 Å². The lowest BCUT2D eigenvalue weighted by molar-refractivity contribution is -0.140. The minimum absolute atomic E-state index is 0.0737. The van der Waals surface area contributed by atoms with Crippen LogP contribution >= 0.6 is 11.6 Å². The number of hydrogen-bond acceptors (Lipinski definition) is 1. The second kappa shape index (κ2) is 4.18. The molecule has 0 aliphatic heterocycles. The van der Waals surface area contributed by atoms with Gasteiger partial charge in [0.2, 0.25) is 0 Å². The summed E-state index contributed by atoms with van der Waals surface area (Å²) in [7, 11) is 0. The molecule has 2 aromatic rings. The fourth-order valence-electron chi connectivity index (χ4n) is 1.60. The Kier molecular flexibility index (Phi) is 2.99. The van der Waals surface area contributed by atoms with Crippen molar-refractivity contribution in [2.45, 2.75) is 18.6 Å². The third-order valence-electron chi connectivity index (χ3n) is 2.25. The van der Waals surface area contributed by atoms with E-state index in [9.17, 15) is 17.6 Å². The van der Waals surface area contributed by atoms with Gasteiger partial charge in [0.05, 0.1) is 16.9 Å². The van der Waals surface area contributed by atoms with E-state index in [1.807, 2.05) is 0 Å². The van der Waals surface area contributed by atoms with Crippen molar-refractivity contribution < 1.29 is 17.6 Å². The Balaban J connectivity index is 2.60. The highest BCUT2D eigenvalue weighted by atomic mass is 35.5. The van der Waals surface area contributed by atoms with Crippen LogP contribution in [0.25, 0.3) is 11.0 Å². The van der Waals surface area contributed by atoms with E-state index in [0.717, 1.165) is 16.7 Å². The van der Waals surface area contributed by atoms with Crippen LogP contribution in [0, 0.1) is 5.82 Å². The summed E-state index contributed by atoms with van der Waals surface area (Å²) in [6.45, 7) is -1.23. The van der Waals surface area contributed by atoms with Gasteiger partial charge < -0.3 is 4.57 Å². The SMILES string of the molecule is Fc1ccc2nc(CCl)n(CC(F)(F)F)c2c1. The second-order valence-corrected chi connectivity index (χ2v) is 3.76. The monoisotopic (exact) mass is 266 g/mol. The summed E-state index contributed by atoms with van der Waals surface area (Å²) < 4.78 is 51.0. The highest BCUT2D eigenvalue weighted by Gasteiger charge is 2.30. The van der Waals surface area contributed by atoms with Gasteiger partial charge in [-0.3, -0.25) is 0 Å². The van der Waals surface area contributed by atoms with E-state index in [-0.39, 0.29) is 17.2 Å². The van der Waals surface area contributed by atoms with Gasteiger partial charge in [-0.2, -0.15) is 13.2 Å². The van der Waals surface area contributed by atoms with E-state index in [0.29, 0.717) is 5.52 Å². The Hall–Kier alpha value is -1.30. The van der Waals surface area contributed by atoms with Gasteiger partial charge in [-0.05, 0) is 18.2 Å². The number of benzene rings is 1. The van der Waals surface area contributed by atoms with E-state index in [4.69, 9.17) is 11.6 Å². The third kappa shape index (κ3) is 2.52. The van der Waals surface area contributed by atoms with Crippen LogP contribution in [0.4, 0.5) is 17.6 Å². The highest BCUT2D eigenvalue weighted by molar-refractivity contribution is 6.16. The average Bonchev–Trinajstić information content (AvgIpc) is 2.54. The van der Waals surface area contributed by atoms with Gasteiger partial charge >= 0.3 is 6.18 Å². The lowest BCUT2D eigenvalue weighted by Crippen LogP contribution is -2.19. The number of hydrogen-bond donors (Lipinski definition) is 0. The smallest absolute Gasteiger partial charge is 0.318 e. The van der Waals surface area contributed by atoms with Crippen LogP contribution in [0.2, 0.25) is 0 Å². The van der Waals surface area contributed by atoms with E-state index >= 15 is 0 Å². The molecule has 92 valence electrons. The van der Waals surface area contributed by atoms with Gasteiger partial charge in [0.1, 0.15) is 18.2 Å². The molecule has 0 bridgehead atoms. The van der Waals surface area contributed by atoms with Crippen LogP contribution in [0.3, 0.4) is 0 Å². The fraction of sp³-hybridized carbons (Fsp3) is 0.300. The molecule has 0 aliphatic carbocycles. The van der Waals surface area contributed by atoms with Crippen LogP contribution in [0.15, 0.2) is 18.2 Å². The number of rotatable bonds is 2. The Morgan fingerprint density at radius 3 is 2.59 bits per heavy atom. The summed E-state index contributed by atoms with van der Waals surface area (Å²) in [5.74, 6) is -0.696. The van der Waals surface area contributed by atoms with Crippen molar-refractivity contribution in [2.24, 2.45) is 0 Å². The third-order valence-corrected chi connectivity index (χ3v) is 2.49. The minimum Gasteiger partial charge on any atom is -0.318 e. The Morgan fingerprint density at radius 1 is 1.29 bits per heavy atom. The van der Waals surface area contributed by atoms with Crippen LogP contribution < -0.4 is 0 Å². The van der Waals surface area contributed by atoms with Crippen LogP contribution in [0.1, 0.15) is 5.82 Å². The standard InChI is InChI=1S/C10H7ClF4N2/c11-4-9-16-7-2-1-6(12)3-8(7)17(9)5-10(13,14)15/h1-3H,4-5H2. The lowest BCUT2D eigenvalue weighted by atomic mass is 10.3. The summed E-state index contributed by atoms with van der Waals surface area (Å²) in [5.41, 5.74) is 0.393. The number of aromatic nitrogens is 2. The molecule has 0 N–H and O–H groups in total. The summed E-state index contributed by atoms with van der Waals surface area (Å²) in [6, 6.07) is 3.49. The van der Waals surface area contributed by atoms with E-state index in [1.165, 1.54) is 6.07 Å². The molecule has 0 fully saturated rings. The first-order valence-electron chi connectivity index (χ1n) is 4.68. The van der Waals surface area contributed by atoms with E-state index in [1.54, 1.807) is 0 Å². The molecule has 17 heavy (non-hydrogen) atoms. The lowest BCUT2D eigenvalue weighted by Gasteiger charge is -2.10. The van der Waals surface area contributed by atoms with Crippen molar-refractivity contribution in [1.82, 2.24) is 9.55 Å². The molecule has 1 aromatic heterocycles. The van der Waals surface area contributed by atoms with Crippen molar-refractivity contribution in [1.29, 1.82) is 0 Å². The molecule has 0 aliphatic rings. The Morgan fingerprint density at radius 2 is 2.00 bits per heavy atom. The maximum Gasteiger partial charge on any atom is 0.406 e. The highest BCUT2D eigenvalue weighted by Crippen LogP contribution is 2.24. The van der Waals surface area contributed by atoms with E-state index in [2.05, 4.69) is 4.98 Å². The molecule has 0 atom stereocenters. The van der Waals surface area contributed by atoms with E-state index < -0.39 is 18.5 Å². The number of imidazole rings is 1. The number of alkyl halides is 4. The molecule has 2 nitrogen and oxygen atoms in total. The van der Waals surface area contributed by atoms with Crippen molar-refractivity contribution >= 4 is 22.6 Å². The molecule has 2 rings (SSSR count). The quantitative estimate of drug-likeness (QED) is 0.601. The van der Waals surface area contributed by atoms with Crippen molar-refractivity contribution in [3.05, 3.63) is 29.8 Å². The zero-order valence-corrected chi connectivity index (χ0v) is 9.19. The van der Waals surface area contributed by atoms with Crippen molar-refractivity contribution in [2.75, 3.05) is 0 Å². The summed E-state index contributed by atoms with van der Waals surface area (Å²) in [4.78, 5) is 3.92. The maximum absolute atomic E-state index is 13.0. The Labute approximate surface area is 98.8 Å². The fourth-order valence-corrected chi connectivity index (χ4v) is 1.81. The van der Waals surface area contributed by atoms with Crippen molar-refractivity contribution in [3.63, 3.8) is 0 Å². The normalized spacial score (nSPS) is 12.3. The molecule has 0 radical (unpaired) electrons. The molecule has 7 heteroatoms. The molecule has 1 heterocycles. The first-order chi connectivity index (χ1) is 7.90. The summed E-state index contributed by atoms with van der Waals surface area (Å²) in [6.07, 6.45) is -4.40. The molecular weight excluding hydrogens is 260 g/mol. The predicted octanol–water partition coefficient (Wildman–Crippen LogP) is 3.48. The van der Waals surface area contributed by atoms with Crippen molar-refractivity contribution in [3.8, 4) is 0 Å². The zero-order valence-electron chi connectivity index (χ0n) is 8.43. The molecular formula is C10H7ClF4N2.